The van der Waals surface area contributed by atoms with Gasteiger partial charge < -0.3 is 15.0 Å². The monoisotopic (exact) mass is 604 g/mol. The number of amides is 2. The van der Waals surface area contributed by atoms with Gasteiger partial charge in [-0.2, -0.15) is 0 Å². The summed E-state index contributed by atoms with van der Waals surface area (Å²) in [5.74, 6) is 0.163. The van der Waals surface area contributed by atoms with Gasteiger partial charge in [0.25, 0.3) is 5.91 Å². The molecule has 0 saturated heterocycles. The first-order chi connectivity index (χ1) is 17.0. The summed E-state index contributed by atoms with van der Waals surface area (Å²) >= 11 is 8.43. The summed E-state index contributed by atoms with van der Waals surface area (Å²) in [4.78, 5) is 28.5. The molecule has 0 aromatic heterocycles. The van der Waals surface area contributed by atoms with E-state index in [1.807, 2.05) is 72.8 Å². The summed E-state index contributed by atoms with van der Waals surface area (Å²) in [6, 6.07) is 23.9. The van der Waals surface area contributed by atoms with Crippen LogP contribution in [-0.4, -0.2) is 35.9 Å². The van der Waals surface area contributed by atoms with E-state index in [0.717, 1.165) is 27.5 Å². The molecular weight excluding hydrogens is 575 g/mol. The Morgan fingerprint density at radius 2 is 1.71 bits per heavy atom. The Balaban J connectivity index is 1.87. The van der Waals surface area contributed by atoms with E-state index in [2.05, 4.69) is 34.8 Å². The van der Waals surface area contributed by atoms with Crippen molar-refractivity contribution in [3.05, 3.63) is 98.6 Å². The molecule has 0 radical (unpaired) electrons. The van der Waals surface area contributed by atoms with Crippen molar-refractivity contribution in [1.29, 1.82) is 0 Å². The highest BCUT2D eigenvalue weighted by Crippen LogP contribution is 2.19. The molecule has 3 aromatic rings. The summed E-state index contributed by atoms with van der Waals surface area (Å²) < 4.78 is 6.87. The SMILES string of the molecule is CCCCNC(=O)C(Cc1ccccc1)N(Cc1cccc(Cl)c1)C(=O)COc1ccc(I)cc1. The molecule has 0 bridgehead atoms. The van der Waals surface area contributed by atoms with Crippen LogP contribution < -0.4 is 10.1 Å². The van der Waals surface area contributed by atoms with Crippen molar-refractivity contribution in [2.24, 2.45) is 0 Å². The number of carbonyl (C=O) groups is 2. The third-order valence-electron chi connectivity index (χ3n) is 5.52. The summed E-state index contributed by atoms with van der Waals surface area (Å²) in [6.45, 7) is 2.71. The molecule has 5 nitrogen and oxygen atoms in total. The first-order valence-electron chi connectivity index (χ1n) is 11.7. The van der Waals surface area contributed by atoms with Crippen molar-refractivity contribution < 1.29 is 14.3 Å². The van der Waals surface area contributed by atoms with Gasteiger partial charge in [0.15, 0.2) is 6.61 Å². The van der Waals surface area contributed by atoms with Gasteiger partial charge in [0.05, 0.1) is 0 Å². The highest BCUT2D eigenvalue weighted by molar-refractivity contribution is 14.1. The highest BCUT2D eigenvalue weighted by atomic mass is 127. The number of halogens is 2. The fourth-order valence-electron chi connectivity index (χ4n) is 3.65. The topological polar surface area (TPSA) is 58.6 Å². The van der Waals surface area contributed by atoms with E-state index in [-0.39, 0.29) is 25.0 Å². The predicted molar refractivity (Wildman–Crippen MR) is 149 cm³/mol. The van der Waals surface area contributed by atoms with Crippen LogP contribution in [0.15, 0.2) is 78.9 Å². The lowest BCUT2D eigenvalue weighted by molar-refractivity contribution is -0.142. The zero-order valence-electron chi connectivity index (χ0n) is 19.8. The van der Waals surface area contributed by atoms with Gasteiger partial charge in [0.1, 0.15) is 11.8 Å². The summed E-state index contributed by atoms with van der Waals surface area (Å²) in [5.41, 5.74) is 1.82. The van der Waals surface area contributed by atoms with Gasteiger partial charge in [-0.15, -0.1) is 0 Å². The minimum atomic E-state index is -0.693. The van der Waals surface area contributed by atoms with E-state index in [1.54, 1.807) is 11.0 Å². The molecule has 1 N–H and O–H groups in total. The number of nitrogens with one attached hydrogen (secondary N) is 1. The van der Waals surface area contributed by atoms with Crippen molar-refractivity contribution in [3.8, 4) is 5.75 Å². The van der Waals surface area contributed by atoms with Gasteiger partial charge in [-0.1, -0.05) is 67.4 Å². The maximum atomic E-state index is 13.5. The molecule has 3 aromatic carbocycles. The van der Waals surface area contributed by atoms with Crippen LogP contribution in [-0.2, 0) is 22.6 Å². The fraction of sp³-hybridized carbons (Fsp3) is 0.286. The van der Waals surface area contributed by atoms with E-state index >= 15 is 0 Å². The predicted octanol–water partition coefficient (Wildman–Crippen LogP) is 5.88. The molecule has 0 fully saturated rings. The van der Waals surface area contributed by atoms with E-state index < -0.39 is 6.04 Å². The quantitative estimate of drug-likeness (QED) is 0.208. The van der Waals surface area contributed by atoms with Gasteiger partial charge in [-0.25, -0.2) is 0 Å². The van der Waals surface area contributed by atoms with Gasteiger partial charge in [-0.05, 0) is 76.5 Å². The average Bonchev–Trinajstić information content (AvgIpc) is 2.86. The van der Waals surface area contributed by atoms with Gasteiger partial charge in [0.2, 0.25) is 5.91 Å². The second kappa shape index (κ2) is 14.1. The normalized spacial score (nSPS) is 11.5. The summed E-state index contributed by atoms with van der Waals surface area (Å²) in [5, 5.41) is 3.60. The van der Waals surface area contributed by atoms with Crippen LogP contribution in [0.4, 0.5) is 0 Å². The number of hydrogen-bond donors (Lipinski definition) is 1. The number of nitrogens with zero attached hydrogens (tertiary/aromatic N) is 1. The van der Waals surface area contributed by atoms with Crippen molar-refractivity contribution in [2.45, 2.75) is 38.8 Å². The number of benzene rings is 3. The lowest BCUT2D eigenvalue weighted by Crippen LogP contribution is -2.51. The van der Waals surface area contributed by atoms with E-state index in [1.165, 1.54) is 0 Å². The molecule has 0 aliphatic rings. The molecule has 0 saturated carbocycles. The maximum Gasteiger partial charge on any atom is 0.261 e. The molecule has 2 amide bonds. The number of carbonyl (C=O) groups excluding carboxylic acids is 2. The molecule has 1 unspecified atom stereocenters. The van der Waals surface area contributed by atoms with Crippen LogP contribution >= 0.6 is 34.2 Å². The van der Waals surface area contributed by atoms with Gasteiger partial charge >= 0.3 is 0 Å². The summed E-state index contributed by atoms with van der Waals surface area (Å²) in [6.07, 6.45) is 2.25. The Bertz CT molecular complexity index is 1090. The van der Waals surface area contributed by atoms with Crippen molar-refractivity contribution >= 4 is 46.0 Å². The second-order valence-electron chi connectivity index (χ2n) is 8.24. The van der Waals surface area contributed by atoms with Crippen molar-refractivity contribution in [1.82, 2.24) is 10.2 Å². The number of unbranched alkanes of at least 4 members (excludes halogenated alkanes) is 1. The Morgan fingerprint density at radius 1 is 1.00 bits per heavy atom. The largest absolute Gasteiger partial charge is 0.484 e. The molecule has 1 atom stereocenters. The van der Waals surface area contributed by atoms with Crippen LogP contribution in [0.1, 0.15) is 30.9 Å². The highest BCUT2D eigenvalue weighted by Gasteiger charge is 2.30. The molecule has 35 heavy (non-hydrogen) atoms. The minimum absolute atomic E-state index is 0.172. The molecule has 0 aliphatic heterocycles. The molecule has 0 aliphatic carbocycles. The Labute approximate surface area is 226 Å². The number of hydrogen-bond acceptors (Lipinski definition) is 3. The third kappa shape index (κ3) is 8.85. The van der Waals surface area contributed by atoms with E-state index in [9.17, 15) is 9.59 Å². The van der Waals surface area contributed by atoms with Gasteiger partial charge in [0, 0.05) is 28.1 Å². The number of rotatable bonds is 12. The Hall–Kier alpha value is -2.58. The molecule has 0 heterocycles. The van der Waals surface area contributed by atoms with Crippen molar-refractivity contribution in [3.63, 3.8) is 0 Å². The third-order valence-corrected chi connectivity index (χ3v) is 6.47. The fourth-order valence-corrected chi connectivity index (χ4v) is 4.22. The smallest absolute Gasteiger partial charge is 0.261 e. The molecule has 184 valence electrons. The van der Waals surface area contributed by atoms with Gasteiger partial charge in [-0.3, -0.25) is 9.59 Å². The lowest BCUT2D eigenvalue weighted by atomic mass is 10.0. The van der Waals surface area contributed by atoms with E-state index in [0.29, 0.717) is 23.7 Å². The van der Waals surface area contributed by atoms with Crippen LogP contribution in [0.5, 0.6) is 5.75 Å². The molecule has 3 rings (SSSR count). The Kier molecular flexibility index (Phi) is 10.9. The Morgan fingerprint density at radius 3 is 2.40 bits per heavy atom. The van der Waals surface area contributed by atoms with E-state index in [4.69, 9.17) is 16.3 Å². The first-order valence-corrected chi connectivity index (χ1v) is 13.2. The molecule has 7 heteroatoms. The van der Waals surface area contributed by atoms with Crippen LogP contribution in [0.3, 0.4) is 0 Å². The number of ether oxygens (including phenoxy) is 1. The first kappa shape index (κ1) is 27.0. The minimum Gasteiger partial charge on any atom is -0.484 e. The van der Waals surface area contributed by atoms with Crippen LogP contribution in [0, 0.1) is 3.57 Å². The standard InChI is InChI=1S/C28H30ClIN2O3/c1-2-3-16-31-28(34)26(18-21-8-5-4-6-9-21)32(19-22-10-7-11-23(29)17-22)27(33)20-35-25-14-12-24(30)13-15-25/h4-15,17,26H,2-3,16,18-20H2,1H3,(H,31,34). The average molecular weight is 605 g/mol. The molecular formula is C28H30ClIN2O3. The second-order valence-corrected chi connectivity index (χ2v) is 9.93. The zero-order valence-corrected chi connectivity index (χ0v) is 22.7. The molecule has 0 spiro atoms. The zero-order chi connectivity index (χ0) is 25.0. The maximum absolute atomic E-state index is 13.5. The summed E-state index contributed by atoms with van der Waals surface area (Å²) in [7, 11) is 0. The van der Waals surface area contributed by atoms with Crippen molar-refractivity contribution in [2.75, 3.05) is 13.2 Å². The lowest BCUT2D eigenvalue weighted by Gasteiger charge is -2.31. The van der Waals surface area contributed by atoms with Crippen LogP contribution in [0.2, 0.25) is 5.02 Å². The van der Waals surface area contributed by atoms with Crippen LogP contribution in [0.25, 0.3) is 0 Å².